The van der Waals surface area contributed by atoms with Crippen molar-refractivity contribution in [3.05, 3.63) is 71.9 Å². The van der Waals surface area contributed by atoms with Crippen LogP contribution in [0, 0.1) is 0 Å². The Labute approximate surface area is 152 Å². The van der Waals surface area contributed by atoms with E-state index in [9.17, 15) is 14.3 Å². The predicted molar refractivity (Wildman–Crippen MR) is 102 cm³/mol. The van der Waals surface area contributed by atoms with Gasteiger partial charge < -0.3 is 14.7 Å². The number of hydrogen-bond donors (Lipinski definition) is 2. The molecule has 0 aliphatic heterocycles. The number of nitrogens with one attached hydrogen (secondary N) is 1. The normalized spacial score (nSPS) is 14.8. The number of para-hydroxylation sites is 1. The summed E-state index contributed by atoms with van der Waals surface area (Å²) in [6, 6.07) is 17.5. The van der Waals surface area contributed by atoms with Gasteiger partial charge in [-0.2, -0.15) is 0 Å². The first-order valence-electron chi connectivity index (χ1n) is 8.62. The van der Waals surface area contributed by atoms with Crippen molar-refractivity contribution in [2.45, 2.75) is 25.4 Å². The maximum Gasteiger partial charge on any atom is 0.328 e. The van der Waals surface area contributed by atoms with E-state index >= 15 is 0 Å². The van der Waals surface area contributed by atoms with E-state index in [0.29, 0.717) is 19.1 Å². The van der Waals surface area contributed by atoms with E-state index < -0.39 is 13.7 Å². The number of aldehydes is 1. The molecule has 0 fully saturated rings. The Morgan fingerprint density at radius 3 is 2.62 bits per heavy atom. The summed E-state index contributed by atoms with van der Waals surface area (Å²) < 4.78 is 17.6. The summed E-state index contributed by atoms with van der Waals surface area (Å²) in [4.78, 5) is 24.6. The average molecular weight is 371 g/mol. The first-order chi connectivity index (χ1) is 12.6. The minimum atomic E-state index is -3.82. The van der Waals surface area contributed by atoms with Gasteiger partial charge in [-0.3, -0.25) is 9.09 Å². The predicted octanol–water partition coefficient (Wildman–Crippen LogP) is 4.11. The first-order valence-corrected chi connectivity index (χ1v) is 10.4. The second kappa shape index (κ2) is 8.45. The second-order valence-corrected chi connectivity index (χ2v) is 8.23. The topological polar surface area (TPSA) is 79.4 Å². The van der Waals surface area contributed by atoms with E-state index in [-0.39, 0.29) is 12.6 Å². The SMILES string of the molecule is O=CC(Cc1c[nH]c2ccccc12)OP(=O)(O)CCCc1ccccc1. The summed E-state index contributed by atoms with van der Waals surface area (Å²) in [6.07, 6.45) is 2.97. The Balaban J connectivity index is 1.57. The van der Waals surface area contributed by atoms with Crippen molar-refractivity contribution in [3.63, 3.8) is 0 Å². The standard InChI is InChI=1S/C20H22NO4P/c22-15-18(13-17-14-21-20-11-5-4-10-19(17)20)25-26(23,24)12-6-9-16-7-2-1-3-8-16/h1-5,7-8,10-11,14-15,18,21H,6,9,12-13H2,(H,23,24). The lowest BCUT2D eigenvalue weighted by molar-refractivity contribution is -0.113. The van der Waals surface area contributed by atoms with Gasteiger partial charge in [-0.05, 0) is 30.0 Å². The van der Waals surface area contributed by atoms with Crippen LogP contribution in [0.15, 0.2) is 60.8 Å². The number of rotatable bonds is 9. The monoisotopic (exact) mass is 371 g/mol. The molecule has 5 nitrogen and oxygen atoms in total. The zero-order chi connectivity index (χ0) is 18.4. The molecule has 0 spiro atoms. The van der Waals surface area contributed by atoms with Crippen LogP contribution in [0.25, 0.3) is 10.9 Å². The molecule has 2 N–H and O–H groups in total. The number of carbonyl (C=O) groups excluding carboxylic acids is 1. The van der Waals surface area contributed by atoms with E-state index in [1.807, 2.05) is 60.8 Å². The van der Waals surface area contributed by atoms with Gasteiger partial charge in [0.15, 0.2) is 0 Å². The highest BCUT2D eigenvalue weighted by Gasteiger charge is 2.25. The molecule has 136 valence electrons. The molecule has 6 heteroatoms. The molecule has 2 aromatic carbocycles. The fourth-order valence-electron chi connectivity index (χ4n) is 3.02. The summed E-state index contributed by atoms with van der Waals surface area (Å²) >= 11 is 0. The number of carbonyl (C=O) groups is 1. The molecule has 0 bridgehead atoms. The third-order valence-corrected chi connectivity index (χ3v) is 5.78. The molecule has 0 amide bonds. The Morgan fingerprint density at radius 2 is 1.85 bits per heavy atom. The summed E-state index contributed by atoms with van der Waals surface area (Å²) in [5.74, 6) is 0. The zero-order valence-corrected chi connectivity index (χ0v) is 15.3. The summed E-state index contributed by atoms with van der Waals surface area (Å²) in [7, 11) is -3.82. The van der Waals surface area contributed by atoms with Crippen molar-refractivity contribution >= 4 is 24.8 Å². The van der Waals surface area contributed by atoms with Crippen molar-refractivity contribution in [2.75, 3.05) is 6.16 Å². The van der Waals surface area contributed by atoms with Crippen molar-refractivity contribution in [1.29, 1.82) is 0 Å². The van der Waals surface area contributed by atoms with Crippen LogP contribution in [0.1, 0.15) is 17.5 Å². The summed E-state index contributed by atoms with van der Waals surface area (Å²) in [6.45, 7) is 0. The molecule has 0 aliphatic carbocycles. The van der Waals surface area contributed by atoms with E-state index in [4.69, 9.17) is 4.52 Å². The van der Waals surface area contributed by atoms with Crippen molar-refractivity contribution in [2.24, 2.45) is 0 Å². The highest BCUT2D eigenvalue weighted by Crippen LogP contribution is 2.44. The Kier molecular flexibility index (Phi) is 6.04. The zero-order valence-electron chi connectivity index (χ0n) is 14.4. The maximum absolute atomic E-state index is 12.3. The van der Waals surface area contributed by atoms with Crippen LogP contribution < -0.4 is 0 Å². The van der Waals surface area contributed by atoms with Gasteiger partial charge in [0.25, 0.3) is 0 Å². The van der Waals surface area contributed by atoms with Crippen molar-refractivity contribution in [3.8, 4) is 0 Å². The van der Waals surface area contributed by atoms with Crippen LogP contribution >= 0.6 is 7.60 Å². The molecule has 26 heavy (non-hydrogen) atoms. The van der Waals surface area contributed by atoms with E-state index in [2.05, 4.69) is 4.98 Å². The van der Waals surface area contributed by atoms with Crippen LogP contribution in [-0.2, 0) is 26.7 Å². The minimum Gasteiger partial charge on any atom is -0.361 e. The van der Waals surface area contributed by atoms with Gasteiger partial charge in [-0.15, -0.1) is 0 Å². The highest BCUT2D eigenvalue weighted by atomic mass is 31.2. The fraction of sp³-hybridized carbons (Fsp3) is 0.250. The lowest BCUT2D eigenvalue weighted by Gasteiger charge is -2.17. The Bertz CT molecular complexity index is 906. The van der Waals surface area contributed by atoms with Crippen LogP contribution in [0.5, 0.6) is 0 Å². The second-order valence-electron chi connectivity index (χ2n) is 6.29. The van der Waals surface area contributed by atoms with Gasteiger partial charge in [0.2, 0.25) is 0 Å². The summed E-state index contributed by atoms with van der Waals surface area (Å²) in [5, 5.41) is 0.986. The van der Waals surface area contributed by atoms with Gasteiger partial charge in [0, 0.05) is 23.5 Å². The number of hydrogen-bond acceptors (Lipinski definition) is 3. The van der Waals surface area contributed by atoms with E-state index in [1.165, 1.54) is 0 Å². The molecule has 0 aliphatic rings. The molecule has 3 aromatic rings. The van der Waals surface area contributed by atoms with E-state index in [0.717, 1.165) is 22.0 Å². The van der Waals surface area contributed by atoms with Gasteiger partial charge in [-0.25, -0.2) is 0 Å². The fourth-order valence-corrected chi connectivity index (χ4v) is 4.23. The Morgan fingerprint density at radius 1 is 1.12 bits per heavy atom. The van der Waals surface area contributed by atoms with E-state index in [1.54, 1.807) is 0 Å². The molecular weight excluding hydrogens is 349 g/mol. The van der Waals surface area contributed by atoms with Crippen molar-refractivity contribution < 1.29 is 18.8 Å². The van der Waals surface area contributed by atoms with Gasteiger partial charge in [0.1, 0.15) is 12.4 Å². The van der Waals surface area contributed by atoms with Gasteiger partial charge in [0.05, 0.1) is 6.16 Å². The van der Waals surface area contributed by atoms with Crippen LogP contribution in [0.3, 0.4) is 0 Å². The average Bonchev–Trinajstić information content (AvgIpc) is 3.05. The smallest absolute Gasteiger partial charge is 0.328 e. The molecule has 2 atom stereocenters. The van der Waals surface area contributed by atoms with Crippen LogP contribution in [-0.4, -0.2) is 28.4 Å². The quantitative estimate of drug-likeness (QED) is 0.438. The molecule has 2 unspecified atom stereocenters. The van der Waals surface area contributed by atoms with Gasteiger partial charge >= 0.3 is 7.60 Å². The first kappa shape index (κ1) is 18.6. The molecule has 1 aromatic heterocycles. The molecule has 1 heterocycles. The lowest BCUT2D eigenvalue weighted by Crippen LogP contribution is -2.17. The number of fused-ring (bicyclic) bond motifs is 1. The number of benzene rings is 2. The van der Waals surface area contributed by atoms with Gasteiger partial charge in [-0.1, -0.05) is 48.5 Å². The number of aromatic amines is 1. The lowest BCUT2D eigenvalue weighted by atomic mass is 10.1. The number of H-pyrrole nitrogens is 1. The Hall–Kier alpha value is -2.20. The highest BCUT2D eigenvalue weighted by molar-refractivity contribution is 7.52. The minimum absolute atomic E-state index is 0.0279. The largest absolute Gasteiger partial charge is 0.361 e. The van der Waals surface area contributed by atoms with Crippen molar-refractivity contribution in [1.82, 2.24) is 4.98 Å². The molecule has 3 rings (SSSR count). The molecule has 0 saturated carbocycles. The third-order valence-electron chi connectivity index (χ3n) is 4.30. The number of aryl methyl sites for hydroxylation is 1. The molecule has 0 saturated heterocycles. The summed E-state index contributed by atoms with van der Waals surface area (Å²) in [5.41, 5.74) is 2.96. The van der Waals surface area contributed by atoms with Crippen LogP contribution in [0.4, 0.5) is 0 Å². The van der Waals surface area contributed by atoms with Crippen LogP contribution in [0.2, 0.25) is 0 Å². The maximum atomic E-state index is 12.3. The molecular formula is C20H22NO4P. The number of aromatic nitrogens is 1. The molecule has 0 radical (unpaired) electrons. The third kappa shape index (κ3) is 4.92.